The van der Waals surface area contributed by atoms with E-state index in [0.717, 1.165) is 0 Å². The van der Waals surface area contributed by atoms with Crippen molar-refractivity contribution in [1.29, 1.82) is 0 Å². The Morgan fingerprint density at radius 3 is 2.39 bits per heavy atom. The minimum absolute atomic E-state index is 0.0191. The molecule has 1 aromatic carbocycles. The molecule has 1 fully saturated rings. The highest BCUT2D eigenvalue weighted by atomic mass is 16.8. The molecule has 208 valence electrons. The van der Waals surface area contributed by atoms with E-state index in [9.17, 15) is 14.7 Å². The van der Waals surface area contributed by atoms with Gasteiger partial charge in [0.15, 0.2) is 11.4 Å². The maximum atomic E-state index is 12.5. The number of carbonyl (C=O) groups excluding carboxylic acids is 2. The van der Waals surface area contributed by atoms with E-state index in [2.05, 4.69) is 0 Å². The van der Waals surface area contributed by atoms with Crippen LogP contribution in [0.2, 0.25) is 0 Å². The van der Waals surface area contributed by atoms with E-state index in [-0.39, 0.29) is 42.3 Å². The van der Waals surface area contributed by atoms with Gasteiger partial charge in [-0.15, -0.1) is 0 Å². The summed E-state index contributed by atoms with van der Waals surface area (Å²) in [6.07, 6.45) is -0.307. The van der Waals surface area contributed by atoms with Crippen LogP contribution in [0, 0.1) is 5.92 Å². The van der Waals surface area contributed by atoms with Crippen LogP contribution in [-0.4, -0.2) is 61.7 Å². The number of aliphatic hydroxyl groups is 1. The van der Waals surface area contributed by atoms with E-state index in [1.165, 1.54) is 26.5 Å². The number of ether oxygens (including phenoxy) is 6. The van der Waals surface area contributed by atoms with Gasteiger partial charge in [0.25, 0.3) is 0 Å². The van der Waals surface area contributed by atoms with Crippen LogP contribution in [-0.2, 0) is 28.4 Å². The molecule has 2 heterocycles. The van der Waals surface area contributed by atoms with Gasteiger partial charge in [-0.25, -0.2) is 9.59 Å². The fraction of sp³-hybridized carbons (Fsp3) is 0.500. The molecule has 0 amide bonds. The lowest BCUT2D eigenvalue weighted by atomic mass is 9.93. The van der Waals surface area contributed by atoms with Crippen LogP contribution in [0.5, 0.6) is 0 Å². The maximum Gasteiger partial charge on any atom is 0.511 e. The van der Waals surface area contributed by atoms with E-state index in [1.54, 1.807) is 51.1 Å². The summed E-state index contributed by atoms with van der Waals surface area (Å²) in [6.45, 7) is 7.23. The zero-order chi connectivity index (χ0) is 27.9. The quantitative estimate of drug-likeness (QED) is 0.162. The van der Waals surface area contributed by atoms with Crippen LogP contribution in [0.1, 0.15) is 56.7 Å². The summed E-state index contributed by atoms with van der Waals surface area (Å²) in [7, 11) is 2.92. The molecule has 4 atom stereocenters. The highest BCUT2D eigenvalue weighted by Gasteiger charge is 2.64. The van der Waals surface area contributed by atoms with Crippen molar-refractivity contribution in [3.63, 3.8) is 0 Å². The Morgan fingerprint density at radius 1 is 1.11 bits per heavy atom. The molecule has 2 aromatic rings. The molecule has 1 aliphatic heterocycles. The SMILES string of the molecule is COC[C@@]1(C(OC)OC(=O)OC(C)(C)C)O[C@H]1C[C@H](C)C/C(O)=C(\OC(=O)c1ccco1)c1ccccc1. The normalized spacial score (nSPS) is 21.2. The number of aliphatic hydroxyl groups excluding tert-OH is 1. The summed E-state index contributed by atoms with van der Waals surface area (Å²) in [5, 5.41) is 11.0. The lowest BCUT2D eigenvalue weighted by Gasteiger charge is -2.25. The van der Waals surface area contributed by atoms with Crippen molar-refractivity contribution >= 4 is 17.9 Å². The van der Waals surface area contributed by atoms with E-state index >= 15 is 0 Å². The number of allylic oxidation sites excluding steroid dienone is 1. The van der Waals surface area contributed by atoms with Crippen molar-refractivity contribution in [1.82, 2.24) is 0 Å². The van der Waals surface area contributed by atoms with Crippen molar-refractivity contribution in [3.8, 4) is 0 Å². The molecule has 0 spiro atoms. The largest absolute Gasteiger partial charge is 0.511 e. The molecule has 0 radical (unpaired) electrons. The number of methoxy groups -OCH3 is 2. The van der Waals surface area contributed by atoms with Gasteiger partial charge in [0.05, 0.1) is 19.0 Å². The second-order valence-corrected chi connectivity index (χ2v) is 10.2. The smallest absolute Gasteiger partial charge is 0.508 e. The van der Waals surface area contributed by atoms with Crippen LogP contribution in [0.3, 0.4) is 0 Å². The van der Waals surface area contributed by atoms with Crippen LogP contribution in [0.15, 0.2) is 58.9 Å². The first-order chi connectivity index (χ1) is 18.0. The number of carbonyl (C=O) groups is 2. The lowest BCUT2D eigenvalue weighted by Crippen LogP contribution is -2.42. The molecule has 1 unspecified atom stereocenters. The average molecular weight is 533 g/mol. The van der Waals surface area contributed by atoms with Crippen LogP contribution < -0.4 is 0 Å². The second kappa shape index (κ2) is 12.5. The van der Waals surface area contributed by atoms with Gasteiger partial charge in [-0.1, -0.05) is 37.3 Å². The monoisotopic (exact) mass is 532 g/mol. The molecule has 3 rings (SSSR count). The number of hydrogen-bond donors (Lipinski definition) is 1. The van der Waals surface area contributed by atoms with E-state index in [0.29, 0.717) is 12.0 Å². The van der Waals surface area contributed by atoms with Gasteiger partial charge < -0.3 is 37.9 Å². The number of rotatable bonds is 12. The van der Waals surface area contributed by atoms with Gasteiger partial charge in [-0.3, -0.25) is 0 Å². The van der Waals surface area contributed by atoms with Crippen LogP contribution >= 0.6 is 0 Å². The predicted octanol–water partition coefficient (Wildman–Crippen LogP) is 5.49. The number of benzene rings is 1. The summed E-state index contributed by atoms with van der Waals surface area (Å²) in [5.41, 5.74) is -1.22. The van der Waals surface area contributed by atoms with Gasteiger partial charge in [-0.2, -0.15) is 0 Å². The molecule has 1 N–H and O–H groups in total. The van der Waals surface area contributed by atoms with Gasteiger partial charge in [0.1, 0.15) is 11.4 Å². The van der Waals surface area contributed by atoms with Gasteiger partial charge in [-0.05, 0) is 45.2 Å². The molecule has 10 nitrogen and oxygen atoms in total. The Morgan fingerprint density at radius 2 is 1.82 bits per heavy atom. The molecule has 38 heavy (non-hydrogen) atoms. The molecule has 0 bridgehead atoms. The Kier molecular flexibility index (Phi) is 9.59. The number of hydrogen-bond acceptors (Lipinski definition) is 10. The summed E-state index contributed by atoms with van der Waals surface area (Å²) in [4.78, 5) is 24.8. The topological polar surface area (TPSA) is 126 Å². The van der Waals surface area contributed by atoms with Gasteiger partial charge >= 0.3 is 12.1 Å². The highest BCUT2D eigenvalue weighted by molar-refractivity contribution is 5.90. The molecule has 10 heteroatoms. The fourth-order valence-corrected chi connectivity index (χ4v) is 4.10. The number of furan rings is 1. The third-order valence-corrected chi connectivity index (χ3v) is 5.80. The van der Waals surface area contributed by atoms with E-state index in [1.807, 2.05) is 13.0 Å². The molecular weight excluding hydrogens is 496 g/mol. The van der Waals surface area contributed by atoms with Crippen molar-refractivity contribution < 1.29 is 47.5 Å². The first kappa shape index (κ1) is 29.2. The minimum atomic E-state index is -1.06. The summed E-state index contributed by atoms with van der Waals surface area (Å²) >= 11 is 0. The fourth-order valence-electron chi connectivity index (χ4n) is 4.10. The maximum absolute atomic E-state index is 12.5. The van der Waals surface area contributed by atoms with Crippen molar-refractivity contribution in [2.24, 2.45) is 5.92 Å². The average Bonchev–Trinajstić information content (AvgIpc) is 3.26. The Bertz CT molecular complexity index is 1090. The third kappa shape index (κ3) is 7.59. The molecule has 1 aliphatic rings. The lowest BCUT2D eigenvalue weighted by molar-refractivity contribution is -0.160. The standard InChI is InChI=1S/C28H36O10/c1-18(16-22-28(37-22,17-32-5)25(33-6)36-26(31)38-27(2,3)4)15-20(29)23(19-11-8-7-9-12-19)35-24(30)21-13-10-14-34-21/h7-14,18,22,25,29H,15-17H2,1-6H3/b23-20+/t18-,22+,25?,28-/m1/s1. The Balaban J connectivity index is 1.72. The number of epoxide rings is 1. The molecule has 0 saturated carbocycles. The van der Waals surface area contributed by atoms with Gasteiger partial charge in [0.2, 0.25) is 12.1 Å². The molecular formula is C28H36O10. The zero-order valence-electron chi connectivity index (χ0n) is 22.6. The second-order valence-electron chi connectivity index (χ2n) is 10.2. The highest BCUT2D eigenvalue weighted by Crippen LogP contribution is 2.46. The first-order valence-corrected chi connectivity index (χ1v) is 12.3. The molecule has 0 aliphatic carbocycles. The van der Waals surface area contributed by atoms with Crippen molar-refractivity contribution in [2.45, 2.75) is 64.1 Å². The Labute approximate surface area is 222 Å². The summed E-state index contributed by atoms with van der Waals surface area (Å²) in [6, 6.07) is 11.9. The predicted molar refractivity (Wildman–Crippen MR) is 136 cm³/mol. The van der Waals surface area contributed by atoms with Crippen LogP contribution in [0.25, 0.3) is 5.76 Å². The van der Waals surface area contributed by atoms with Crippen LogP contribution in [0.4, 0.5) is 4.79 Å². The minimum Gasteiger partial charge on any atom is -0.508 e. The summed E-state index contributed by atoms with van der Waals surface area (Å²) < 4.78 is 38.0. The molecule has 1 saturated heterocycles. The Hall–Kier alpha value is -3.34. The van der Waals surface area contributed by atoms with Gasteiger partial charge in [0, 0.05) is 26.2 Å². The van der Waals surface area contributed by atoms with Crippen molar-refractivity contribution in [2.75, 3.05) is 20.8 Å². The van der Waals surface area contributed by atoms with E-state index < -0.39 is 29.6 Å². The van der Waals surface area contributed by atoms with E-state index in [4.69, 9.17) is 32.8 Å². The first-order valence-electron chi connectivity index (χ1n) is 12.3. The summed E-state index contributed by atoms with van der Waals surface area (Å²) in [5.74, 6) is -0.888. The third-order valence-electron chi connectivity index (χ3n) is 5.80. The van der Waals surface area contributed by atoms with Crippen molar-refractivity contribution in [3.05, 3.63) is 65.8 Å². The number of esters is 1. The zero-order valence-corrected chi connectivity index (χ0v) is 22.6. The molecule has 1 aromatic heterocycles.